The van der Waals surface area contributed by atoms with E-state index in [-0.39, 0.29) is 11.8 Å². The molecule has 0 saturated carbocycles. The Hall–Kier alpha value is -1.38. The predicted octanol–water partition coefficient (Wildman–Crippen LogP) is 1.95. The van der Waals surface area contributed by atoms with Crippen molar-refractivity contribution in [2.45, 2.75) is 25.8 Å². The molecule has 0 aliphatic carbocycles. The zero-order chi connectivity index (χ0) is 12.3. The van der Waals surface area contributed by atoms with Crippen molar-refractivity contribution in [1.82, 2.24) is 5.32 Å². The van der Waals surface area contributed by atoms with Crippen molar-refractivity contribution in [3.05, 3.63) is 17.0 Å². The average Bonchev–Trinajstić information content (AvgIpc) is 2.76. The van der Waals surface area contributed by atoms with Crippen LogP contribution in [0.3, 0.4) is 0 Å². The van der Waals surface area contributed by atoms with Crippen LogP contribution < -0.4 is 10.6 Å². The molecule has 17 heavy (non-hydrogen) atoms. The summed E-state index contributed by atoms with van der Waals surface area (Å²) >= 11 is 1.40. The normalized spacial score (nSPS) is 24.0. The van der Waals surface area contributed by atoms with Gasteiger partial charge in [0.2, 0.25) is 5.91 Å². The molecule has 1 aliphatic heterocycles. The molecule has 1 aromatic rings. The third kappa shape index (κ3) is 2.84. The molecule has 1 amide bonds. The highest BCUT2D eigenvalue weighted by atomic mass is 32.1. The Morgan fingerprint density at radius 3 is 3.24 bits per heavy atom. The average molecular weight is 249 g/mol. The van der Waals surface area contributed by atoms with Crippen LogP contribution in [0.5, 0.6) is 0 Å². The molecule has 2 atom stereocenters. The van der Waals surface area contributed by atoms with Gasteiger partial charge in [0.1, 0.15) is 11.1 Å². The molecule has 2 heterocycles. The van der Waals surface area contributed by atoms with Crippen LogP contribution in [0, 0.1) is 17.2 Å². The molecule has 2 N–H and O–H groups in total. The van der Waals surface area contributed by atoms with Gasteiger partial charge in [-0.1, -0.05) is 0 Å². The van der Waals surface area contributed by atoms with Crippen LogP contribution >= 0.6 is 11.3 Å². The monoisotopic (exact) mass is 249 g/mol. The molecule has 0 bridgehead atoms. The Kier molecular flexibility index (Phi) is 3.77. The summed E-state index contributed by atoms with van der Waals surface area (Å²) in [6, 6.07) is 4.19. The number of amides is 1. The smallest absolute Gasteiger partial charge is 0.228 e. The lowest BCUT2D eigenvalue weighted by Crippen LogP contribution is -2.40. The second kappa shape index (κ2) is 5.30. The van der Waals surface area contributed by atoms with E-state index in [9.17, 15) is 4.79 Å². The van der Waals surface area contributed by atoms with Gasteiger partial charge in [0, 0.05) is 12.0 Å². The maximum atomic E-state index is 12.0. The number of thiophene rings is 1. The van der Waals surface area contributed by atoms with E-state index in [1.54, 1.807) is 6.07 Å². The topological polar surface area (TPSA) is 64.9 Å². The number of hydrogen-bond acceptors (Lipinski definition) is 4. The summed E-state index contributed by atoms with van der Waals surface area (Å²) in [4.78, 5) is 12.0. The molecular formula is C12H15N3OS. The number of rotatable bonds is 2. The van der Waals surface area contributed by atoms with Crippen LogP contribution in [-0.4, -0.2) is 18.5 Å². The minimum atomic E-state index is 0.0392. The predicted molar refractivity (Wildman–Crippen MR) is 67.9 cm³/mol. The van der Waals surface area contributed by atoms with Crippen molar-refractivity contribution in [3.8, 4) is 6.07 Å². The minimum Gasteiger partial charge on any atom is -0.316 e. The first-order valence-electron chi connectivity index (χ1n) is 5.72. The summed E-state index contributed by atoms with van der Waals surface area (Å²) in [6.07, 6.45) is 1.72. The van der Waals surface area contributed by atoms with E-state index >= 15 is 0 Å². The minimum absolute atomic E-state index is 0.0392. The molecular weight excluding hydrogens is 234 g/mol. The quantitative estimate of drug-likeness (QED) is 0.842. The van der Waals surface area contributed by atoms with Gasteiger partial charge in [-0.05, 0) is 37.8 Å². The largest absolute Gasteiger partial charge is 0.316 e. The highest BCUT2D eigenvalue weighted by Gasteiger charge is 2.25. The van der Waals surface area contributed by atoms with E-state index in [0.717, 1.165) is 19.4 Å². The fraction of sp³-hybridized carbons (Fsp3) is 0.500. The third-order valence-corrected chi connectivity index (χ3v) is 3.85. The Bertz CT molecular complexity index is 449. The number of nitrogens with one attached hydrogen (secondary N) is 2. The molecule has 1 saturated heterocycles. The van der Waals surface area contributed by atoms with Crippen molar-refractivity contribution < 1.29 is 4.79 Å². The molecule has 1 fully saturated rings. The molecule has 90 valence electrons. The Morgan fingerprint density at radius 1 is 1.71 bits per heavy atom. The summed E-state index contributed by atoms with van der Waals surface area (Å²) < 4.78 is 0. The van der Waals surface area contributed by atoms with Crippen LogP contribution in [0.25, 0.3) is 0 Å². The van der Waals surface area contributed by atoms with Gasteiger partial charge < -0.3 is 10.6 Å². The second-order valence-corrected chi connectivity index (χ2v) is 5.26. The van der Waals surface area contributed by atoms with E-state index in [1.165, 1.54) is 11.3 Å². The number of nitrogens with zero attached hydrogens (tertiary/aromatic N) is 1. The van der Waals surface area contributed by atoms with Gasteiger partial charge in [0.25, 0.3) is 0 Å². The Labute approximate surface area is 105 Å². The van der Waals surface area contributed by atoms with E-state index in [2.05, 4.69) is 23.6 Å². The number of nitriles is 1. The van der Waals surface area contributed by atoms with Gasteiger partial charge in [0.05, 0.1) is 5.56 Å². The Balaban J connectivity index is 1.99. The van der Waals surface area contributed by atoms with Gasteiger partial charge in [-0.15, -0.1) is 11.3 Å². The van der Waals surface area contributed by atoms with Crippen molar-refractivity contribution in [3.63, 3.8) is 0 Å². The summed E-state index contributed by atoms with van der Waals surface area (Å²) in [5.74, 6) is 0.0946. The first-order valence-corrected chi connectivity index (χ1v) is 6.60. The summed E-state index contributed by atoms with van der Waals surface area (Å²) in [5, 5.41) is 17.5. The van der Waals surface area contributed by atoms with Gasteiger partial charge in [-0.2, -0.15) is 5.26 Å². The van der Waals surface area contributed by atoms with Crippen LogP contribution in [0.2, 0.25) is 0 Å². The van der Waals surface area contributed by atoms with Crippen LogP contribution in [0.15, 0.2) is 11.4 Å². The highest BCUT2D eigenvalue weighted by Crippen LogP contribution is 2.24. The van der Waals surface area contributed by atoms with Crippen molar-refractivity contribution in [2.24, 2.45) is 5.92 Å². The van der Waals surface area contributed by atoms with Gasteiger partial charge in [0.15, 0.2) is 0 Å². The highest BCUT2D eigenvalue weighted by molar-refractivity contribution is 7.14. The molecule has 0 radical (unpaired) electrons. The SMILES string of the molecule is CC1CC(C(=O)Nc2sccc2C#N)CCN1. The van der Waals surface area contributed by atoms with Crippen molar-refractivity contribution in [2.75, 3.05) is 11.9 Å². The maximum absolute atomic E-state index is 12.0. The second-order valence-electron chi connectivity index (χ2n) is 4.34. The van der Waals surface area contributed by atoms with Gasteiger partial charge in [-0.25, -0.2) is 0 Å². The zero-order valence-corrected chi connectivity index (χ0v) is 10.5. The molecule has 0 spiro atoms. The van der Waals surface area contributed by atoms with Crippen molar-refractivity contribution in [1.29, 1.82) is 5.26 Å². The fourth-order valence-corrected chi connectivity index (χ4v) is 2.82. The van der Waals surface area contributed by atoms with E-state index in [0.29, 0.717) is 16.6 Å². The molecule has 2 unspecified atom stereocenters. The summed E-state index contributed by atoms with van der Waals surface area (Å²) in [7, 11) is 0. The number of anilines is 1. The number of piperidine rings is 1. The molecule has 1 aliphatic rings. The van der Waals surface area contributed by atoms with E-state index < -0.39 is 0 Å². The van der Waals surface area contributed by atoms with Crippen molar-refractivity contribution >= 4 is 22.2 Å². The number of hydrogen-bond donors (Lipinski definition) is 2. The first-order chi connectivity index (χ1) is 8.20. The molecule has 0 aromatic carbocycles. The zero-order valence-electron chi connectivity index (χ0n) is 9.69. The lowest BCUT2D eigenvalue weighted by molar-refractivity contribution is -0.120. The summed E-state index contributed by atoms with van der Waals surface area (Å²) in [5.41, 5.74) is 0.547. The van der Waals surface area contributed by atoms with Gasteiger partial charge in [-0.3, -0.25) is 4.79 Å². The molecule has 2 rings (SSSR count). The standard InChI is InChI=1S/C12H15N3OS/c1-8-6-9(2-4-14-8)11(16)15-12-10(7-13)3-5-17-12/h3,5,8-9,14H,2,4,6H2,1H3,(H,15,16). The summed E-state index contributed by atoms with van der Waals surface area (Å²) in [6.45, 7) is 2.97. The lowest BCUT2D eigenvalue weighted by atomic mass is 9.92. The van der Waals surface area contributed by atoms with Crippen LogP contribution in [0.4, 0.5) is 5.00 Å². The van der Waals surface area contributed by atoms with Crippen LogP contribution in [0.1, 0.15) is 25.3 Å². The van der Waals surface area contributed by atoms with Crippen LogP contribution in [-0.2, 0) is 4.79 Å². The van der Waals surface area contributed by atoms with Gasteiger partial charge >= 0.3 is 0 Å². The molecule has 4 nitrogen and oxygen atoms in total. The number of carbonyl (C=O) groups excluding carboxylic acids is 1. The third-order valence-electron chi connectivity index (χ3n) is 3.02. The van der Waals surface area contributed by atoms with E-state index in [1.807, 2.05) is 5.38 Å². The van der Waals surface area contributed by atoms with E-state index in [4.69, 9.17) is 5.26 Å². The molecule has 5 heteroatoms. The number of carbonyl (C=O) groups is 1. The fourth-order valence-electron chi connectivity index (χ4n) is 2.08. The molecule has 1 aromatic heterocycles. The maximum Gasteiger partial charge on any atom is 0.228 e. The lowest BCUT2D eigenvalue weighted by Gasteiger charge is -2.26. The first kappa shape index (κ1) is 12.1. The Morgan fingerprint density at radius 2 is 2.53 bits per heavy atom.